The zero-order valence-corrected chi connectivity index (χ0v) is 12.3. The van der Waals surface area contributed by atoms with Gasteiger partial charge in [-0.2, -0.15) is 0 Å². The van der Waals surface area contributed by atoms with E-state index in [1.54, 1.807) is 4.90 Å². The number of aryl methyl sites for hydroxylation is 1. The highest BCUT2D eigenvalue weighted by Crippen LogP contribution is 2.20. The van der Waals surface area contributed by atoms with Crippen LogP contribution in [0, 0.1) is 6.92 Å². The number of thiophene rings is 1. The van der Waals surface area contributed by atoms with Crippen LogP contribution in [-0.4, -0.2) is 47.7 Å². The zero-order chi connectivity index (χ0) is 14.5. The van der Waals surface area contributed by atoms with Crippen molar-refractivity contribution in [2.24, 2.45) is 0 Å². The third kappa shape index (κ3) is 3.80. The summed E-state index contributed by atoms with van der Waals surface area (Å²) in [5.74, 6) is -0.979. The quantitative estimate of drug-likeness (QED) is 0.873. The third-order valence-electron chi connectivity index (χ3n) is 3.39. The summed E-state index contributed by atoms with van der Waals surface area (Å²) >= 11 is 1.40. The van der Waals surface area contributed by atoms with Crippen LogP contribution in [0.25, 0.3) is 0 Å². The van der Waals surface area contributed by atoms with Crippen molar-refractivity contribution in [2.75, 3.05) is 19.7 Å². The highest BCUT2D eigenvalue weighted by molar-refractivity contribution is 7.12. The summed E-state index contributed by atoms with van der Waals surface area (Å²) < 4.78 is 5.55. The number of hydrogen-bond acceptors (Lipinski definition) is 4. The Morgan fingerprint density at radius 2 is 2.35 bits per heavy atom. The second-order valence-electron chi connectivity index (χ2n) is 4.96. The van der Waals surface area contributed by atoms with E-state index in [9.17, 15) is 9.59 Å². The molecule has 0 radical (unpaired) electrons. The van der Waals surface area contributed by atoms with E-state index in [1.807, 2.05) is 18.4 Å². The normalized spacial score (nSPS) is 18.1. The fourth-order valence-corrected chi connectivity index (χ4v) is 3.17. The first-order valence-electron chi connectivity index (χ1n) is 6.74. The second-order valence-corrected chi connectivity index (χ2v) is 5.88. The molecule has 0 unspecified atom stereocenters. The van der Waals surface area contributed by atoms with Crippen molar-refractivity contribution in [3.8, 4) is 0 Å². The molecule has 6 heteroatoms. The topological polar surface area (TPSA) is 66.8 Å². The largest absolute Gasteiger partial charge is 0.481 e. The predicted octanol–water partition coefficient (Wildman–Crippen LogP) is 2.15. The zero-order valence-electron chi connectivity index (χ0n) is 11.5. The van der Waals surface area contributed by atoms with Crippen molar-refractivity contribution >= 4 is 23.2 Å². The molecule has 0 aliphatic carbocycles. The Bertz CT molecular complexity index is 479. The van der Waals surface area contributed by atoms with E-state index >= 15 is 0 Å². The Morgan fingerprint density at radius 3 is 2.90 bits per heavy atom. The summed E-state index contributed by atoms with van der Waals surface area (Å²) in [4.78, 5) is 25.6. The van der Waals surface area contributed by atoms with Gasteiger partial charge in [0, 0.05) is 19.7 Å². The summed E-state index contributed by atoms with van der Waals surface area (Å²) in [5.41, 5.74) is 0.938. The molecule has 0 aromatic carbocycles. The molecule has 0 bridgehead atoms. The molecule has 1 amide bonds. The molecule has 2 rings (SSSR count). The van der Waals surface area contributed by atoms with Crippen LogP contribution in [0.1, 0.15) is 34.5 Å². The molecule has 0 saturated carbocycles. The first-order chi connectivity index (χ1) is 9.58. The van der Waals surface area contributed by atoms with Crippen molar-refractivity contribution in [1.82, 2.24) is 4.90 Å². The number of nitrogens with zero attached hydrogens (tertiary/aromatic N) is 1. The lowest BCUT2D eigenvalue weighted by atomic mass is 10.2. The summed E-state index contributed by atoms with van der Waals surface area (Å²) in [6, 6.07) is 1.90. The van der Waals surface area contributed by atoms with Crippen LogP contribution in [0.5, 0.6) is 0 Å². The van der Waals surface area contributed by atoms with E-state index in [0.29, 0.717) is 11.4 Å². The van der Waals surface area contributed by atoms with Gasteiger partial charge in [0.2, 0.25) is 0 Å². The summed E-state index contributed by atoms with van der Waals surface area (Å²) in [6.07, 6.45) is 1.93. The fraction of sp³-hybridized carbons (Fsp3) is 0.571. The minimum Gasteiger partial charge on any atom is -0.481 e. The third-order valence-corrected chi connectivity index (χ3v) is 4.39. The lowest BCUT2D eigenvalue weighted by Crippen LogP contribution is -2.38. The minimum atomic E-state index is -0.891. The van der Waals surface area contributed by atoms with Crippen molar-refractivity contribution in [2.45, 2.75) is 32.3 Å². The summed E-state index contributed by atoms with van der Waals surface area (Å²) in [6.45, 7) is 3.32. The molecule has 20 heavy (non-hydrogen) atoms. The van der Waals surface area contributed by atoms with E-state index in [0.717, 1.165) is 25.0 Å². The molecule has 1 saturated heterocycles. The molecule has 1 aromatic rings. The second kappa shape index (κ2) is 6.85. The summed E-state index contributed by atoms with van der Waals surface area (Å²) in [7, 11) is 0. The van der Waals surface area contributed by atoms with Gasteiger partial charge in [-0.15, -0.1) is 11.3 Å². The number of carbonyl (C=O) groups excluding carboxylic acids is 1. The maximum absolute atomic E-state index is 12.5. The van der Waals surface area contributed by atoms with Gasteiger partial charge >= 0.3 is 5.97 Å². The molecule has 2 heterocycles. The number of hydrogen-bond donors (Lipinski definition) is 1. The molecule has 1 aliphatic rings. The number of carboxylic acid groups (broad SMARTS) is 1. The maximum atomic E-state index is 12.5. The Morgan fingerprint density at radius 1 is 1.55 bits per heavy atom. The van der Waals surface area contributed by atoms with Gasteiger partial charge in [-0.25, -0.2) is 0 Å². The van der Waals surface area contributed by atoms with E-state index in [-0.39, 0.29) is 25.0 Å². The maximum Gasteiger partial charge on any atom is 0.305 e. The van der Waals surface area contributed by atoms with Crippen molar-refractivity contribution in [3.63, 3.8) is 0 Å². The van der Waals surface area contributed by atoms with E-state index in [4.69, 9.17) is 9.84 Å². The van der Waals surface area contributed by atoms with E-state index in [1.165, 1.54) is 11.3 Å². The Labute approximate surface area is 122 Å². The van der Waals surface area contributed by atoms with Gasteiger partial charge in [0.05, 0.1) is 17.4 Å². The van der Waals surface area contributed by atoms with Gasteiger partial charge in [-0.1, -0.05) is 0 Å². The molecule has 1 aromatic heterocycles. The standard InChI is InChI=1S/C14H19NO4S/c1-10-5-8-20-13(10)14(18)15(6-4-12(16)17)9-11-3-2-7-19-11/h5,8,11H,2-4,6-7,9H2,1H3,(H,16,17)/t11-/m0/s1. The lowest BCUT2D eigenvalue weighted by molar-refractivity contribution is -0.137. The van der Waals surface area contributed by atoms with Gasteiger partial charge in [-0.05, 0) is 36.8 Å². The SMILES string of the molecule is Cc1ccsc1C(=O)N(CCC(=O)O)C[C@@H]1CCCO1. The highest BCUT2D eigenvalue weighted by atomic mass is 32.1. The molecule has 1 aliphatic heterocycles. The molecule has 1 atom stereocenters. The molecular weight excluding hydrogens is 278 g/mol. The summed E-state index contributed by atoms with van der Waals surface area (Å²) in [5, 5.41) is 10.7. The van der Waals surface area contributed by atoms with Crippen LogP contribution in [0.4, 0.5) is 0 Å². The average Bonchev–Trinajstić information content (AvgIpc) is 3.04. The van der Waals surface area contributed by atoms with E-state index < -0.39 is 5.97 Å². The number of carbonyl (C=O) groups is 2. The monoisotopic (exact) mass is 297 g/mol. The van der Waals surface area contributed by atoms with Gasteiger partial charge in [0.25, 0.3) is 5.91 Å². The fourth-order valence-electron chi connectivity index (χ4n) is 2.28. The van der Waals surface area contributed by atoms with Crippen molar-refractivity contribution < 1.29 is 19.4 Å². The average molecular weight is 297 g/mol. The van der Waals surface area contributed by atoms with Crippen LogP contribution >= 0.6 is 11.3 Å². The minimum absolute atomic E-state index is 0.0352. The first-order valence-corrected chi connectivity index (χ1v) is 7.62. The number of amides is 1. The van der Waals surface area contributed by atoms with Gasteiger partial charge < -0.3 is 14.7 Å². The highest BCUT2D eigenvalue weighted by Gasteiger charge is 2.25. The first kappa shape index (κ1) is 15.0. The molecular formula is C14H19NO4S. The van der Waals surface area contributed by atoms with Gasteiger partial charge in [0.15, 0.2) is 0 Å². The smallest absolute Gasteiger partial charge is 0.305 e. The molecule has 1 fully saturated rings. The Balaban J connectivity index is 2.05. The van der Waals surface area contributed by atoms with E-state index in [2.05, 4.69) is 0 Å². The molecule has 110 valence electrons. The number of aliphatic carboxylic acids is 1. The van der Waals surface area contributed by atoms with Crippen molar-refractivity contribution in [3.05, 3.63) is 21.9 Å². The van der Waals surface area contributed by atoms with Crippen LogP contribution in [0.3, 0.4) is 0 Å². The lowest BCUT2D eigenvalue weighted by Gasteiger charge is -2.24. The predicted molar refractivity (Wildman–Crippen MR) is 76.2 cm³/mol. The Kier molecular flexibility index (Phi) is 5.14. The molecule has 5 nitrogen and oxygen atoms in total. The molecule has 0 spiro atoms. The number of ether oxygens (including phenoxy) is 1. The van der Waals surface area contributed by atoms with Crippen LogP contribution < -0.4 is 0 Å². The number of rotatable bonds is 6. The molecule has 1 N–H and O–H groups in total. The number of carboxylic acids is 1. The van der Waals surface area contributed by atoms with Crippen molar-refractivity contribution in [1.29, 1.82) is 0 Å². The van der Waals surface area contributed by atoms with Gasteiger partial charge in [-0.3, -0.25) is 9.59 Å². The van der Waals surface area contributed by atoms with Crippen LogP contribution in [0.2, 0.25) is 0 Å². The van der Waals surface area contributed by atoms with Gasteiger partial charge in [0.1, 0.15) is 0 Å². The van der Waals surface area contributed by atoms with Crippen LogP contribution in [-0.2, 0) is 9.53 Å². The van der Waals surface area contributed by atoms with Crippen LogP contribution in [0.15, 0.2) is 11.4 Å². The Hall–Kier alpha value is -1.40.